The molecule has 0 aliphatic carbocycles. The Labute approximate surface area is 124 Å². The molecular formula is C16H11ClF2O2. The van der Waals surface area contributed by atoms with Gasteiger partial charge in [0.2, 0.25) is 0 Å². The molecule has 0 amide bonds. The first-order valence-electron chi connectivity index (χ1n) is 6.29. The highest BCUT2D eigenvalue weighted by atomic mass is 35.5. The van der Waals surface area contributed by atoms with Crippen LogP contribution in [-0.2, 0) is 0 Å². The third-order valence-electron chi connectivity index (χ3n) is 3.36. The standard InChI is InChI=1S/C16H11ClF2O2/c1-8-3-2-4-9-5-14(21-16(8)9)15(20)10-6-13(19)11(17)7-12(10)18/h2-7,15,20H,1H3. The number of furan rings is 1. The molecule has 0 saturated heterocycles. The summed E-state index contributed by atoms with van der Waals surface area (Å²) >= 11 is 5.50. The second-order valence-electron chi connectivity index (χ2n) is 4.83. The quantitative estimate of drug-likeness (QED) is 0.693. The molecule has 0 saturated carbocycles. The molecule has 0 aliphatic heterocycles. The van der Waals surface area contributed by atoms with Crippen LogP contribution >= 0.6 is 11.6 Å². The van der Waals surface area contributed by atoms with Crippen molar-refractivity contribution in [1.82, 2.24) is 0 Å². The summed E-state index contributed by atoms with van der Waals surface area (Å²) in [5.41, 5.74) is 1.30. The van der Waals surface area contributed by atoms with Crippen molar-refractivity contribution in [3.8, 4) is 0 Å². The predicted octanol–water partition coefficient (Wildman–Crippen LogP) is 4.75. The number of fused-ring (bicyclic) bond motifs is 1. The molecule has 3 aromatic rings. The molecular weight excluding hydrogens is 298 g/mol. The SMILES string of the molecule is Cc1cccc2cc(C(O)c3cc(F)c(Cl)cc3F)oc12. The number of aryl methyl sites for hydroxylation is 1. The Morgan fingerprint density at radius 1 is 1.14 bits per heavy atom. The van der Waals surface area contributed by atoms with Gasteiger partial charge in [0.05, 0.1) is 5.02 Å². The summed E-state index contributed by atoms with van der Waals surface area (Å²) in [5, 5.41) is 10.7. The topological polar surface area (TPSA) is 33.4 Å². The van der Waals surface area contributed by atoms with Crippen LogP contribution in [0.4, 0.5) is 8.78 Å². The van der Waals surface area contributed by atoms with Crippen molar-refractivity contribution in [3.05, 3.63) is 69.9 Å². The van der Waals surface area contributed by atoms with E-state index < -0.39 is 17.7 Å². The summed E-state index contributed by atoms with van der Waals surface area (Å²) in [4.78, 5) is 0. The van der Waals surface area contributed by atoms with Crippen LogP contribution in [0, 0.1) is 18.6 Å². The van der Waals surface area contributed by atoms with Crippen LogP contribution < -0.4 is 0 Å². The number of halogens is 3. The van der Waals surface area contributed by atoms with Crippen molar-refractivity contribution in [2.45, 2.75) is 13.0 Å². The number of hydrogen-bond donors (Lipinski definition) is 1. The lowest BCUT2D eigenvalue weighted by atomic mass is 10.1. The van der Waals surface area contributed by atoms with E-state index in [1.165, 1.54) is 0 Å². The zero-order chi connectivity index (χ0) is 15.1. The Balaban J connectivity index is 2.10. The number of benzene rings is 2. The Morgan fingerprint density at radius 2 is 1.90 bits per heavy atom. The lowest BCUT2D eigenvalue weighted by Crippen LogP contribution is -2.02. The maximum absolute atomic E-state index is 13.8. The monoisotopic (exact) mass is 308 g/mol. The maximum atomic E-state index is 13.8. The molecule has 2 aromatic carbocycles. The first-order chi connectivity index (χ1) is 9.97. The van der Waals surface area contributed by atoms with Gasteiger partial charge in [-0.15, -0.1) is 0 Å². The largest absolute Gasteiger partial charge is 0.458 e. The van der Waals surface area contributed by atoms with Gasteiger partial charge in [0, 0.05) is 10.9 Å². The molecule has 1 heterocycles. The van der Waals surface area contributed by atoms with E-state index in [1.807, 2.05) is 25.1 Å². The van der Waals surface area contributed by atoms with Crippen molar-refractivity contribution in [1.29, 1.82) is 0 Å². The van der Waals surface area contributed by atoms with E-state index in [0.717, 1.165) is 23.1 Å². The average molecular weight is 309 g/mol. The van der Waals surface area contributed by atoms with E-state index in [1.54, 1.807) is 6.07 Å². The van der Waals surface area contributed by atoms with Gasteiger partial charge in [-0.3, -0.25) is 0 Å². The molecule has 2 nitrogen and oxygen atoms in total. The molecule has 3 rings (SSSR count). The van der Waals surface area contributed by atoms with E-state index in [0.29, 0.717) is 5.58 Å². The molecule has 0 radical (unpaired) electrons. The number of aliphatic hydroxyl groups is 1. The molecule has 5 heteroatoms. The smallest absolute Gasteiger partial charge is 0.142 e. The van der Waals surface area contributed by atoms with Crippen molar-refractivity contribution in [2.75, 3.05) is 0 Å². The van der Waals surface area contributed by atoms with Crippen molar-refractivity contribution >= 4 is 22.6 Å². The molecule has 0 spiro atoms. The van der Waals surface area contributed by atoms with Crippen LogP contribution in [0.3, 0.4) is 0 Å². The number of para-hydroxylation sites is 1. The summed E-state index contributed by atoms with van der Waals surface area (Å²) in [6, 6.07) is 8.86. The Morgan fingerprint density at radius 3 is 2.62 bits per heavy atom. The van der Waals surface area contributed by atoms with Gasteiger partial charge in [-0.25, -0.2) is 8.78 Å². The van der Waals surface area contributed by atoms with Crippen LogP contribution in [-0.4, -0.2) is 5.11 Å². The van der Waals surface area contributed by atoms with Crippen LogP contribution in [0.5, 0.6) is 0 Å². The number of hydrogen-bond acceptors (Lipinski definition) is 2. The van der Waals surface area contributed by atoms with Crippen LogP contribution in [0.15, 0.2) is 40.8 Å². The van der Waals surface area contributed by atoms with Gasteiger partial charge in [0.15, 0.2) is 0 Å². The number of rotatable bonds is 2. The lowest BCUT2D eigenvalue weighted by molar-refractivity contribution is 0.187. The predicted molar refractivity (Wildman–Crippen MR) is 76.4 cm³/mol. The third-order valence-corrected chi connectivity index (χ3v) is 3.65. The van der Waals surface area contributed by atoms with Gasteiger partial charge in [0.25, 0.3) is 0 Å². The second kappa shape index (κ2) is 5.13. The van der Waals surface area contributed by atoms with E-state index in [9.17, 15) is 13.9 Å². The molecule has 0 bridgehead atoms. The highest BCUT2D eigenvalue weighted by molar-refractivity contribution is 6.30. The van der Waals surface area contributed by atoms with Crippen LogP contribution in [0.1, 0.15) is 23.0 Å². The third kappa shape index (κ3) is 2.41. The molecule has 1 aromatic heterocycles. The van der Waals surface area contributed by atoms with E-state index in [2.05, 4.69) is 0 Å². The molecule has 1 N–H and O–H groups in total. The van der Waals surface area contributed by atoms with Crippen LogP contribution in [0.25, 0.3) is 11.0 Å². The Bertz CT molecular complexity index is 827. The van der Waals surface area contributed by atoms with E-state index in [-0.39, 0.29) is 16.3 Å². The minimum Gasteiger partial charge on any atom is -0.458 e. The Kier molecular flexibility index (Phi) is 3.43. The lowest BCUT2D eigenvalue weighted by Gasteiger charge is -2.10. The summed E-state index contributed by atoms with van der Waals surface area (Å²) in [6.45, 7) is 1.87. The average Bonchev–Trinajstić information content (AvgIpc) is 2.87. The van der Waals surface area contributed by atoms with Gasteiger partial charge in [-0.2, -0.15) is 0 Å². The molecule has 1 atom stereocenters. The van der Waals surface area contributed by atoms with Gasteiger partial charge >= 0.3 is 0 Å². The van der Waals surface area contributed by atoms with Gasteiger partial charge < -0.3 is 9.52 Å². The maximum Gasteiger partial charge on any atom is 0.142 e. The van der Waals surface area contributed by atoms with Crippen LogP contribution in [0.2, 0.25) is 5.02 Å². The van der Waals surface area contributed by atoms with Crippen molar-refractivity contribution < 1.29 is 18.3 Å². The van der Waals surface area contributed by atoms with Crippen molar-refractivity contribution in [2.24, 2.45) is 0 Å². The zero-order valence-corrected chi connectivity index (χ0v) is 11.8. The highest BCUT2D eigenvalue weighted by Gasteiger charge is 2.21. The first-order valence-corrected chi connectivity index (χ1v) is 6.66. The zero-order valence-electron chi connectivity index (χ0n) is 11.0. The fourth-order valence-electron chi connectivity index (χ4n) is 2.26. The normalized spacial score (nSPS) is 12.8. The fraction of sp³-hybridized carbons (Fsp3) is 0.125. The Hall–Kier alpha value is -1.91. The van der Waals surface area contributed by atoms with Gasteiger partial charge in [-0.05, 0) is 30.7 Å². The van der Waals surface area contributed by atoms with Gasteiger partial charge in [0.1, 0.15) is 29.1 Å². The summed E-state index contributed by atoms with van der Waals surface area (Å²) in [6.07, 6.45) is -1.40. The summed E-state index contributed by atoms with van der Waals surface area (Å²) < 4.78 is 32.9. The number of aliphatic hydroxyl groups excluding tert-OH is 1. The fourth-order valence-corrected chi connectivity index (χ4v) is 2.41. The molecule has 1 unspecified atom stereocenters. The molecule has 108 valence electrons. The molecule has 0 fully saturated rings. The van der Waals surface area contributed by atoms with Gasteiger partial charge in [-0.1, -0.05) is 29.8 Å². The minimum atomic E-state index is -1.40. The summed E-state index contributed by atoms with van der Waals surface area (Å²) in [5.74, 6) is -1.43. The molecule has 21 heavy (non-hydrogen) atoms. The minimum absolute atomic E-state index is 0.153. The van der Waals surface area contributed by atoms with E-state index in [4.69, 9.17) is 16.0 Å². The summed E-state index contributed by atoms with van der Waals surface area (Å²) in [7, 11) is 0. The molecule has 0 aliphatic rings. The first kappa shape index (κ1) is 14.0. The van der Waals surface area contributed by atoms with E-state index >= 15 is 0 Å². The van der Waals surface area contributed by atoms with Crippen molar-refractivity contribution in [3.63, 3.8) is 0 Å². The second-order valence-corrected chi connectivity index (χ2v) is 5.24. The highest BCUT2D eigenvalue weighted by Crippen LogP contribution is 2.32.